The molecule has 1 aromatic heterocycles. The molecule has 1 unspecified atom stereocenters. The number of halogens is 2. The van der Waals surface area contributed by atoms with Crippen molar-refractivity contribution < 1.29 is 14.1 Å². The Kier molecular flexibility index (Phi) is 7.20. The highest BCUT2D eigenvalue weighted by molar-refractivity contribution is 7.98. The second-order valence-electron chi connectivity index (χ2n) is 6.47. The molecule has 1 aromatic carbocycles. The molecule has 2 amide bonds. The van der Waals surface area contributed by atoms with Crippen molar-refractivity contribution in [1.82, 2.24) is 20.8 Å². The van der Waals surface area contributed by atoms with Crippen molar-refractivity contribution in [3.63, 3.8) is 0 Å². The quantitative estimate of drug-likeness (QED) is 0.617. The van der Waals surface area contributed by atoms with Crippen LogP contribution in [0, 0.1) is 0 Å². The number of amides is 2. The van der Waals surface area contributed by atoms with E-state index in [9.17, 15) is 9.59 Å². The van der Waals surface area contributed by atoms with Crippen LogP contribution in [0.2, 0.25) is 10.0 Å². The lowest BCUT2D eigenvalue weighted by atomic mass is 10.1. The van der Waals surface area contributed by atoms with Crippen LogP contribution in [0.3, 0.4) is 0 Å². The lowest BCUT2D eigenvalue weighted by Crippen LogP contribution is -2.47. The number of rotatable bonds is 9. The third-order valence-corrected chi connectivity index (χ3v) is 5.44. The minimum Gasteiger partial charge on any atom is -0.345 e. The van der Waals surface area contributed by atoms with Gasteiger partial charge in [0, 0.05) is 10.9 Å². The predicted molar refractivity (Wildman–Crippen MR) is 109 cm³/mol. The van der Waals surface area contributed by atoms with Crippen LogP contribution < -0.4 is 10.6 Å². The van der Waals surface area contributed by atoms with Gasteiger partial charge in [-0.3, -0.25) is 9.59 Å². The lowest BCUT2D eigenvalue weighted by molar-refractivity contribution is -0.123. The number of hydrogen-bond donors (Lipinski definition) is 2. The van der Waals surface area contributed by atoms with E-state index < -0.39 is 11.9 Å². The van der Waals surface area contributed by atoms with Crippen molar-refractivity contribution in [3.05, 3.63) is 45.5 Å². The van der Waals surface area contributed by atoms with Crippen molar-refractivity contribution in [2.45, 2.75) is 37.8 Å². The molecule has 2 N–H and O–H groups in total. The first-order chi connectivity index (χ1) is 13.5. The van der Waals surface area contributed by atoms with Crippen LogP contribution in [-0.2, 0) is 11.3 Å². The molecular formula is C18H20Cl2N4O3S. The minimum absolute atomic E-state index is 0.117. The van der Waals surface area contributed by atoms with Gasteiger partial charge in [0.05, 0.1) is 17.1 Å². The summed E-state index contributed by atoms with van der Waals surface area (Å²) in [4.78, 5) is 29.4. The van der Waals surface area contributed by atoms with Gasteiger partial charge in [0.25, 0.3) is 5.91 Å². The molecule has 7 nitrogen and oxygen atoms in total. The Morgan fingerprint density at radius 3 is 2.82 bits per heavy atom. The SMILES string of the molecule is CSCCC(NC(=O)c1ccc(Cl)cc1Cl)C(=O)NCc1nc(C2CC2)no1. The molecule has 1 fully saturated rings. The van der Waals surface area contributed by atoms with Crippen LogP contribution in [0.15, 0.2) is 22.7 Å². The number of nitrogens with one attached hydrogen (secondary N) is 2. The molecule has 1 heterocycles. The van der Waals surface area contributed by atoms with Gasteiger partial charge >= 0.3 is 0 Å². The molecule has 1 aliphatic carbocycles. The summed E-state index contributed by atoms with van der Waals surface area (Å²) in [7, 11) is 0. The molecule has 0 aliphatic heterocycles. The van der Waals surface area contributed by atoms with Crippen LogP contribution in [0.4, 0.5) is 0 Å². The fourth-order valence-electron chi connectivity index (χ4n) is 2.55. The molecule has 2 aromatic rings. The highest BCUT2D eigenvalue weighted by Crippen LogP contribution is 2.38. The molecule has 3 rings (SSSR count). The summed E-state index contributed by atoms with van der Waals surface area (Å²) in [6.07, 6.45) is 4.55. The third-order valence-electron chi connectivity index (χ3n) is 4.25. The second-order valence-corrected chi connectivity index (χ2v) is 8.30. The smallest absolute Gasteiger partial charge is 0.253 e. The van der Waals surface area contributed by atoms with E-state index in [1.54, 1.807) is 17.8 Å². The monoisotopic (exact) mass is 442 g/mol. The molecule has 10 heteroatoms. The Bertz CT molecular complexity index is 857. The normalized spacial score (nSPS) is 14.5. The van der Waals surface area contributed by atoms with Crippen molar-refractivity contribution in [2.75, 3.05) is 12.0 Å². The topological polar surface area (TPSA) is 97.1 Å². The Labute approximate surface area is 176 Å². The van der Waals surface area contributed by atoms with E-state index in [1.807, 2.05) is 6.26 Å². The molecule has 150 valence electrons. The molecule has 28 heavy (non-hydrogen) atoms. The summed E-state index contributed by atoms with van der Waals surface area (Å²) in [6, 6.07) is 3.88. The number of carbonyl (C=O) groups is 2. The Morgan fingerprint density at radius 2 is 2.14 bits per heavy atom. The number of nitrogens with zero attached hydrogens (tertiary/aromatic N) is 2. The average molecular weight is 443 g/mol. The van der Waals surface area contributed by atoms with Crippen LogP contribution >= 0.6 is 35.0 Å². The van der Waals surface area contributed by atoms with E-state index >= 15 is 0 Å². The highest BCUT2D eigenvalue weighted by Gasteiger charge is 2.29. The van der Waals surface area contributed by atoms with Gasteiger partial charge in [-0.2, -0.15) is 16.7 Å². The van der Waals surface area contributed by atoms with E-state index in [1.165, 1.54) is 12.1 Å². The van der Waals surface area contributed by atoms with E-state index in [2.05, 4.69) is 20.8 Å². The zero-order valence-electron chi connectivity index (χ0n) is 15.2. The lowest BCUT2D eigenvalue weighted by Gasteiger charge is -2.18. The third kappa shape index (κ3) is 5.62. The molecule has 0 saturated heterocycles. The molecule has 0 bridgehead atoms. The second kappa shape index (κ2) is 9.62. The Morgan fingerprint density at radius 1 is 1.36 bits per heavy atom. The summed E-state index contributed by atoms with van der Waals surface area (Å²) < 4.78 is 5.16. The van der Waals surface area contributed by atoms with E-state index in [-0.39, 0.29) is 23.0 Å². The van der Waals surface area contributed by atoms with E-state index in [0.717, 1.165) is 12.8 Å². The Hall–Kier alpha value is -1.77. The van der Waals surface area contributed by atoms with Crippen molar-refractivity contribution in [3.8, 4) is 0 Å². The predicted octanol–water partition coefficient (Wildman–Crippen LogP) is 3.42. The zero-order chi connectivity index (χ0) is 20.1. The zero-order valence-corrected chi connectivity index (χ0v) is 17.5. The average Bonchev–Trinajstić information content (AvgIpc) is 3.41. The van der Waals surface area contributed by atoms with Crippen molar-refractivity contribution in [2.24, 2.45) is 0 Å². The number of aromatic nitrogens is 2. The maximum Gasteiger partial charge on any atom is 0.253 e. The molecule has 1 atom stereocenters. The number of hydrogen-bond acceptors (Lipinski definition) is 6. The molecule has 0 spiro atoms. The van der Waals surface area contributed by atoms with Crippen molar-refractivity contribution >= 4 is 46.8 Å². The highest BCUT2D eigenvalue weighted by atomic mass is 35.5. The number of thioether (sulfide) groups is 1. The first-order valence-corrected chi connectivity index (χ1v) is 11.0. The maximum atomic E-state index is 12.6. The fraction of sp³-hybridized carbons (Fsp3) is 0.444. The van der Waals surface area contributed by atoms with Gasteiger partial charge in [-0.05, 0) is 49.5 Å². The molecule has 1 aliphatic rings. The Balaban J connectivity index is 1.60. The van der Waals surface area contributed by atoms with Gasteiger partial charge in [0.15, 0.2) is 5.82 Å². The summed E-state index contributed by atoms with van der Waals surface area (Å²) in [6.45, 7) is 0.117. The van der Waals surface area contributed by atoms with Gasteiger partial charge in [0.1, 0.15) is 6.04 Å². The minimum atomic E-state index is -0.711. The van der Waals surface area contributed by atoms with Gasteiger partial charge in [0.2, 0.25) is 11.8 Å². The van der Waals surface area contributed by atoms with Gasteiger partial charge < -0.3 is 15.2 Å². The first kappa shape index (κ1) is 21.0. The standard InChI is InChI=1S/C18H20Cl2N4O3S/c1-28-7-6-14(22-17(25)12-5-4-11(19)8-13(12)20)18(26)21-9-15-23-16(24-27-15)10-2-3-10/h4-5,8,10,14H,2-3,6-7,9H2,1H3,(H,21,26)(H,22,25). The summed E-state index contributed by atoms with van der Waals surface area (Å²) in [5.74, 6) is 1.38. The molecular weight excluding hydrogens is 423 g/mol. The van der Waals surface area contributed by atoms with Gasteiger partial charge in [-0.15, -0.1) is 0 Å². The maximum absolute atomic E-state index is 12.6. The van der Waals surface area contributed by atoms with E-state index in [0.29, 0.717) is 34.8 Å². The van der Waals surface area contributed by atoms with Gasteiger partial charge in [-0.25, -0.2) is 0 Å². The number of benzene rings is 1. The largest absolute Gasteiger partial charge is 0.345 e. The van der Waals surface area contributed by atoms with Crippen LogP contribution in [-0.4, -0.2) is 40.0 Å². The first-order valence-electron chi connectivity index (χ1n) is 8.83. The molecule has 0 radical (unpaired) electrons. The van der Waals surface area contributed by atoms with Gasteiger partial charge in [-0.1, -0.05) is 28.4 Å². The molecule has 1 saturated carbocycles. The van der Waals surface area contributed by atoms with Crippen LogP contribution in [0.25, 0.3) is 0 Å². The summed E-state index contributed by atoms with van der Waals surface area (Å²) >= 11 is 13.5. The number of carbonyl (C=O) groups excluding carboxylic acids is 2. The van der Waals surface area contributed by atoms with Crippen molar-refractivity contribution in [1.29, 1.82) is 0 Å². The summed E-state index contributed by atoms with van der Waals surface area (Å²) in [5.41, 5.74) is 0.263. The fourth-order valence-corrected chi connectivity index (χ4v) is 3.51. The van der Waals surface area contributed by atoms with E-state index in [4.69, 9.17) is 27.7 Å². The van der Waals surface area contributed by atoms with Crippen LogP contribution in [0.1, 0.15) is 47.3 Å². The van der Waals surface area contributed by atoms with Crippen LogP contribution in [0.5, 0.6) is 0 Å². The summed E-state index contributed by atoms with van der Waals surface area (Å²) in [5, 5.41) is 10.1.